The van der Waals surface area contributed by atoms with E-state index in [-0.39, 0.29) is 11.9 Å². The number of carbonyl (C=O) groups is 2. The quantitative estimate of drug-likeness (QED) is 0.864. The van der Waals surface area contributed by atoms with Crippen molar-refractivity contribution in [3.63, 3.8) is 0 Å². The van der Waals surface area contributed by atoms with Crippen LogP contribution in [0.1, 0.15) is 48.9 Å². The fourth-order valence-electron chi connectivity index (χ4n) is 3.36. The molecule has 126 valence electrons. The van der Waals surface area contributed by atoms with Crippen LogP contribution >= 0.6 is 0 Å². The minimum Gasteiger partial charge on any atom is -0.465 e. The van der Waals surface area contributed by atoms with Crippen LogP contribution in [-0.2, 0) is 9.53 Å². The van der Waals surface area contributed by atoms with E-state index in [1.54, 1.807) is 24.4 Å². The van der Waals surface area contributed by atoms with Crippen LogP contribution in [0.2, 0.25) is 0 Å². The summed E-state index contributed by atoms with van der Waals surface area (Å²) in [5, 5.41) is 4.60. The van der Waals surface area contributed by atoms with E-state index in [0.717, 1.165) is 23.6 Å². The Hall–Kier alpha value is -2.43. The van der Waals surface area contributed by atoms with Crippen molar-refractivity contribution in [2.24, 2.45) is 5.92 Å². The molecule has 3 rings (SSSR count). The molecule has 0 saturated heterocycles. The lowest BCUT2D eigenvalue weighted by atomic mass is 9.87. The Kier molecular flexibility index (Phi) is 5.08. The van der Waals surface area contributed by atoms with Crippen LogP contribution in [-0.4, -0.2) is 24.0 Å². The van der Waals surface area contributed by atoms with E-state index in [1.807, 2.05) is 6.07 Å². The lowest BCUT2D eigenvalue weighted by Crippen LogP contribution is -2.19. The third kappa shape index (κ3) is 3.72. The van der Waals surface area contributed by atoms with E-state index in [2.05, 4.69) is 10.3 Å². The molecule has 0 atom stereocenters. The van der Waals surface area contributed by atoms with E-state index in [1.165, 1.54) is 26.4 Å². The van der Waals surface area contributed by atoms with Gasteiger partial charge in [-0.25, -0.2) is 9.78 Å². The molecule has 1 fully saturated rings. The maximum absolute atomic E-state index is 12.3. The van der Waals surface area contributed by atoms with E-state index < -0.39 is 0 Å². The Bertz CT molecular complexity index is 751. The number of aromatic nitrogens is 1. The second-order valence-corrected chi connectivity index (χ2v) is 6.34. The number of esters is 1. The number of fused-ring (bicyclic) bond motifs is 1. The number of amides is 1. The number of benzene rings is 1. The Morgan fingerprint density at radius 2 is 2.00 bits per heavy atom. The van der Waals surface area contributed by atoms with Gasteiger partial charge in [-0.3, -0.25) is 4.79 Å². The second kappa shape index (κ2) is 7.43. The van der Waals surface area contributed by atoms with Crippen LogP contribution in [0.4, 0.5) is 5.82 Å². The van der Waals surface area contributed by atoms with E-state index in [0.29, 0.717) is 23.7 Å². The van der Waals surface area contributed by atoms with Gasteiger partial charge in [-0.1, -0.05) is 19.3 Å². The first-order valence-corrected chi connectivity index (χ1v) is 8.44. The summed E-state index contributed by atoms with van der Waals surface area (Å²) in [4.78, 5) is 28.2. The van der Waals surface area contributed by atoms with Crippen molar-refractivity contribution in [1.82, 2.24) is 4.98 Å². The van der Waals surface area contributed by atoms with Crippen molar-refractivity contribution in [2.45, 2.75) is 38.5 Å². The lowest BCUT2D eigenvalue weighted by Gasteiger charge is -2.20. The van der Waals surface area contributed by atoms with Gasteiger partial charge in [-0.15, -0.1) is 0 Å². The molecule has 0 aliphatic heterocycles. The van der Waals surface area contributed by atoms with Crippen LogP contribution < -0.4 is 5.32 Å². The molecule has 0 radical (unpaired) electrons. The maximum atomic E-state index is 12.3. The molecule has 1 saturated carbocycles. The van der Waals surface area contributed by atoms with Crippen LogP contribution in [0.15, 0.2) is 30.5 Å². The number of rotatable bonds is 4. The minimum atomic E-state index is -0.378. The fourth-order valence-corrected chi connectivity index (χ4v) is 3.36. The maximum Gasteiger partial charge on any atom is 0.337 e. The molecule has 0 unspecified atom stereocenters. The number of methoxy groups -OCH3 is 1. The minimum absolute atomic E-state index is 0.0129. The van der Waals surface area contributed by atoms with Crippen molar-refractivity contribution in [3.8, 4) is 0 Å². The van der Waals surface area contributed by atoms with E-state index in [9.17, 15) is 9.59 Å². The topological polar surface area (TPSA) is 68.3 Å². The molecule has 1 aromatic carbocycles. The predicted octanol–water partition coefficient (Wildman–Crippen LogP) is 3.93. The number of hydrogen-bond acceptors (Lipinski definition) is 4. The Balaban J connectivity index is 1.76. The second-order valence-electron chi connectivity index (χ2n) is 6.34. The Morgan fingerprint density at radius 3 is 2.75 bits per heavy atom. The molecule has 5 heteroatoms. The molecule has 1 aliphatic rings. The van der Waals surface area contributed by atoms with Gasteiger partial charge < -0.3 is 10.1 Å². The molecule has 1 heterocycles. The third-order valence-electron chi connectivity index (χ3n) is 4.64. The van der Waals surface area contributed by atoms with Crippen LogP contribution in [0, 0.1) is 5.92 Å². The van der Waals surface area contributed by atoms with Gasteiger partial charge in [0.05, 0.1) is 12.7 Å². The molecule has 1 aromatic heterocycles. The monoisotopic (exact) mass is 326 g/mol. The third-order valence-corrected chi connectivity index (χ3v) is 4.64. The highest BCUT2D eigenvalue weighted by Gasteiger charge is 2.18. The smallest absolute Gasteiger partial charge is 0.337 e. The van der Waals surface area contributed by atoms with Gasteiger partial charge in [0.15, 0.2) is 0 Å². The Labute approximate surface area is 141 Å². The zero-order valence-corrected chi connectivity index (χ0v) is 13.9. The molecule has 1 aliphatic carbocycles. The molecule has 24 heavy (non-hydrogen) atoms. The number of carbonyl (C=O) groups excluding carboxylic acids is 2. The first-order valence-electron chi connectivity index (χ1n) is 8.44. The summed E-state index contributed by atoms with van der Waals surface area (Å²) < 4.78 is 4.74. The summed E-state index contributed by atoms with van der Waals surface area (Å²) in [6, 6.07) is 7.05. The van der Waals surface area contributed by atoms with Gasteiger partial charge in [0.1, 0.15) is 5.82 Å². The van der Waals surface area contributed by atoms with Gasteiger partial charge in [0, 0.05) is 18.0 Å². The number of ether oxygens (including phenoxy) is 1. The molecule has 5 nitrogen and oxygen atoms in total. The number of anilines is 1. The van der Waals surface area contributed by atoms with Crippen molar-refractivity contribution in [2.75, 3.05) is 12.4 Å². The van der Waals surface area contributed by atoms with E-state index >= 15 is 0 Å². The first-order chi connectivity index (χ1) is 11.7. The highest BCUT2D eigenvalue weighted by Crippen LogP contribution is 2.27. The van der Waals surface area contributed by atoms with E-state index in [4.69, 9.17) is 4.74 Å². The standard InChI is InChI=1S/C19H22N2O3/c1-24-19(23)15-7-8-16-14(12-15)9-10-20-18(16)21-17(22)11-13-5-3-2-4-6-13/h7-10,12-13H,2-6,11H2,1H3,(H,20,21,22). The Morgan fingerprint density at radius 1 is 1.21 bits per heavy atom. The lowest BCUT2D eigenvalue weighted by molar-refractivity contribution is -0.117. The van der Waals surface area contributed by atoms with Crippen molar-refractivity contribution in [3.05, 3.63) is 36.0 Å². The molecule has 1 amide bonds. The van der Waals surface area contributed by atoms with Gasteiger partial charge >= 0.3 is 5.97 Å². The molecule has 2 aromatic rings. The summed E-state index contributed by atoms with van der Waals surface area (Å²) in [5.41, 5.74) is 0.482. The van der Waals surface area contributed by atoms with Gasteiger partial charge in [-0.05, 0) is 48.4 Å². The molecule has 0 bridgehead atoms. The largest absolute Gasteiger partial charge is 0.465 e. The van der Waals surface area contributed by atoms with Crippen molar-refractivity contribution in [1.29, 1.82) is 0 Å². The van der Waals surface area contributed by atoms with Crippen molar-refractivity contribution >= 4 is 28.5 Å². The predicted molar refractivity (Wildman–Crippen MR) is 92.9 cm³/mol. The highest BCUT2D eigenvalue weighted by atomic mass is 16.5. The van der Waals surface area contributed by atoms with Gasteiger partial charge in [-0.2, -0.15) is 0 Å². The number of nitrogens with one attached hydrogen (secondary N) is 1. The summed E-state index contributed by atoms with van der Waals surface area (Å²) in [6.45, 7) is 0. The summed E-state index contributed by atoms with van der Waals surface area (Å²) in [5.74, 6) is 0.667. The molecular weight excluding hydrogens is 304 g/mol. The molecule has 1 N–H and O–H groups in total. The van der Waals surface area contributed by atoms with Crippen LogP contribution in [0.25, 0.3) is 10.8 Å². The number of hydrogen-bond donors (Lipinski definition) is 1. The van der Waals surface area contributed by atoms with Gasteiger partial charge in [0.25, 0.3) is 0 Å². The number of pyridine rings is 1. The SMILES string of the molecule is COC(=O)c1ccc2c(NC(=O)CC3CCCCC3)nccc2c1. The average Bonchev–Trinajstić information content (AvgIpc) is 2.61. The van der Waals surface area contributed by atoms with Crippen molar-refractivity contribution < 1.29 is 14.3 Å². The summed E-state index contributed by atoms with van der Waals surface area (Å²) >= 11 is 0. The summed E-state index contributed by atoms with van der Waals surface area (Å²) in [7, 11) is 1.36. The first kappa shape index (κ1) is 16.4. The van der Waals surface area contributed by atoms with Crippen LogP contribution in [0.3, 0.4) is 0 Å². The number of nitrogens with zero attached hydrogens (tertiary/aromatic N) is 1. The molecule has 0 spiro atoms. The zero-order valence-electron chi connectivity index (χ0n) is 13.9. The molecular formula is C19H22N2O3. The normalized spacial score (nSPS) is 15.2. The average molecular weight is 326 g/mol. The fraction of sp³-hybridized carbons (Fsp3) is 0.421. The van der Waals surface area contributed by atoms with Gasteiger partial charge in [0.2, 0.25) is 5.91 Å². The highest BCUT2D eigenvalue weighted by molar-refractivity contribution is 6.02. The zero-order chi connectivity index (χ0) is 16.9. The summed E-state index contributed by atoms with van der Waals surface area (Å²) in [6.07, 6.45) is 8.20. The van der Waals surface area contributed by atoms with Crippen LogP contribution in [0.5, 0.6) is 0 Å².